The van der Waals surface area contributed by atoms with Crippen LogP contribution in [0, 0.1) is 17.0 Å². The second kappa shape index (κ2) is 9.12. The van der Waals surface area contributed by atoms with E-state index in [0.29, 0.717) is 5.56 Å². The van der Waals surface area contributed by atoms with Crippen LogP contribution < -0.4 is 5.32 Å². The minimum absolute atomic E-state index is 0.0184. The molecule has 0 radical (unpaired) electrons. The van der Waals surface area contributed by atoms with Gasteiger partial charge in [0.25, 0.3) is 11.6 Å². The van der Waals surface area contributed by atoms with Gasteiger partial charge in [-0.15, -0.1) is 0 Å². The van der Waals surface area contributed by atoms with Gasteiger partial charge in [0, 0.05) is 42.7 Å². The summed E-state index contributed by atoms with van der Waals surface area (Å²) in [6.45, 7) is 5.60. The fourth-order valence-corrected chi connectivity index (χ4v) is 5.28. The zero-order valence-electron chi connectivity index (χ0n) is 17.4. The van der Waals surface area contributed by atoms with Gasteiger partial charge < -0.3 is 5.32 Å². The first-order valence-corrected chi connectivity index (χ1v) is 12.6. The van der Waals surface area contributed by atoms with Crippen LogP contribution in [0.2, 0.25) is 0 Å². The van der Waals surface area contributed by atoms with Crippen molar-refractivity contribution in [2.24, 2.45) is 0 Å². The third-order valence-electron chi connectivity index (χ3n) is 4.56. The molecule has 1 amide bonds. The van der Waals surface area contributed by atoms with Crippen molar-refractivity contribution in [1.82, 2.24) is 4.31 Å². The molecule has 0 saturated heterocycles. The number of aryl methyl sites for hydroxylation is 1. The zero-order chi connectivity index (χ0) is 23.6. The lowest BCUT2D eigenvalue weighted by atomic mass is 10.1. The molecule has 12 heteroatoms. The van der Waals surface area contributed by atoms with E-state index < -0.39 is 36.4 Å². The van der Waals surface area contributed by atoms with Gasteiger partial charge in [0.15, 0.2) is 9.84 Å². The molecular formula is C19H23N3O7S2. The molecule has 0 aromatic heterocycles. The van der Waals surface area contributed by atoms with Crippen molar-refractivity contribution < 1.29 is 26.6 Å². The number of sulfone groups is 1. The quantitative estimate of drug-likeness (QED) is 0.462. The van der Waals surface area contributed by atoms with E-state index in [0.717, 1.165) is 24.5 Å². The fourth-order valence-electron chi connectivity index (χ4n) is 2.90. The number of hydrogen-bond donors (Lipinski definition) is 1. The molecule has 31 heavy (non-hydrogen) atoms. The van der Waals surface area contributed by atoms with E-state index in [4.69, 9.17) is 0 Å². The van der Waals surface area contributed by atoms with E-state index in [-0.39, 0.29) is 34.1 Å². The Hall–Kier alpha value is -2.83. The number of carbonyl (C=O) groups excluding carboxylic acids is 1. The van der Waals surface area contributed by atoms with Crippen molar-refractivity contribution in [1.29, 1.82) is 0 Å². The first-order valence-electron chi connectivity index (χ1n) is 9.23. The third-order valence-corrected chi connectivity index (χ3v) is 7.85. The standard InChI is InChI=1S/C19H23N3O7S2/c1-5-21(6-2)31(28,29)18-11-15(8-7-13(18)3)20-19(23)14-9-16(22(24)25)12-17(10-14)30(4,26)27/h7-12H,5-6H2,1-4H3,(H,20,23). The highest BCUT2D eigenvalue weighted by molar-refractivity contribution is 7.90. The van der Waals surface area contributed by atoms with Gasteiger partial charge in [-0.2, -0.15) is 4.31 Å². The Morgan fingerprint density at radius 3 is 2.19 bits per heavy atom. The first kappa shape index (κ1) is 24.4. The van der Waals surface area contributed by atoms with Crippen LogP contribution in [0.25, 0.3) is 0 Å². The summed E-state index contributed by atoms with van der Waals surface area (Å²) in [5.74, 6) is -0.816. The van der Waals surface area contributed by atoms with E-state index in [1.165, 1.54) is 22.5 Å². The molecule has 0 fully saturated rings. The number of nitro benzene ring substituents is 1. The molecule has 2 aromatic carbocycles. The van der Waals surface area contributed by atoms with Gasteiger partial charge in [-0.25, -0.2) is 16.8 Å². The lowest BCUT2D eigenvalue weighted by Gasteiger charge is -2.20. The summed E-state index contributed by atoms with van der Waals surface area (Å²) in [6.07, 6.45) is 0.873. The van der Waals surface area contributed by atoms with Gasteiger partial charge in [-0.1, -0.05) is 19.9 Å². The largest absolute Gasteiger partial charge is 0.322 e. The van der Waals surface area contributed by atoms with Gasteiger partial charge in [-0.3, -0.25) is 14.9 Å². The van der Waals surface area contributed by atoms with E-state index >= 15 is 0 Å². The highest BCUT2D eigenvalue weighted by atomic mass is 32.2. The molecule has 2 aromatic rings. The average molecular weight is 470 g/mol. The molecule has 0 aliphatic carbocycles. The molecule has 0 aliphatic rings. The van der Waals surface area contributed by atoms with Crippen molar-refractivity contribution in [3.05, 3.63) is 57.6 Å². The van der Waals surface area contributed by atoms with Crippen molar-refractivity contribution in [2.75, 3.05) is 24.7 Å². The number of anilines is 1. The van der Waals surface area contributed by atoms with E-state index in [2.05, 4.69) is 5.32 Å². The molecule has 0 atom stereocenters. The number of benzene rings is 2. The predicted octanol–water partition coefficient (Wildman–Crippen LogP) is 2.59. The fraction of sp³-hybridized carbons (Fsp3) is 0.316. The second-order valence-corrected chi connectivity index (χ2v) is 10.7. The first-order chi connectivity index (χ1) is 14.3. The number of nitrogens with one attached hydrogen (secondary N) is 1. The average Bonchev–Trinajstić information content (AvgIpc) is 2.68. The molecule has 0 heterocycles. The topological polar surface area (TPSA) is 144 Å². The summed E-state index contributed by atoms with van der Waals surface area (Å²) < 4.78 is 50.7. The van der Waals surface area contributed by atoms with Gasteiger partial charge in [0.05, 0.1) is 14.7 Å². The Bertz CT molecular complexity index is 1240. The maximum absolute atomic E-state index is 12.9. The molecule has 10 nitrogen and oxygen atoms in total. The summed E-state index contributed by atoms with van der Waals surface area (Å²) >= 11 is 0. The number of amides is 1. The van der Waals surface area contributed by atoms with Crippen LogP contribution in [-0.4, -0.2) is 51.3 Å². The number of nitrogens with zero attached hydrogens (tertiary/aromatic N) is 2. The molecule has 0 bridgehead atoms. The maximum atomic E-state index is 12.9. The van der Waals surface area contributed by atoms with E-state index in [9.17, 15) is 31.7 Å². The Balaban J connectivity index is 2.48. The van der Waals surface area contributed by atoms with Gasteiger partial charge in [0.1, 0.15) is 0 Å². The van der Waals surface area contributed by atoms with Gasteiger partial charge in [0.2, 0.25) is 10.0 Å². The minimum atomic E-state index is -3.80. The summed E-state index contributed by atoms with van der Waals surface area (Å²) in [5.41, 5.74) is -0.168. The van der Waals surface area contributed by atoms with Crippen LogP contribution in [0.3, 0.4) is 0 Å². The molecule has 2 rings (SSSR count). The highest BCUT2D eigenvalue weighted by Crippen LogP contribution is 2.25. The second-order valence-electron chi connectivity index (χ2n) is 6.77. The zero-order valence-corrected chi connectivity index (χ0v) is 19.1. The number of carbonyl (C=O) groups is 1. The molecule has 0 unspecified atom stereocenters. The van der Waals surface area contributed by atoms with Gasteiger partial charge in [-0.05, 0) is 30.7 Å². The van der Waals surface area contributed by atoms with Crippen molar-refractivity contribution in [3.8, 4) is 0 Å². The predicted molar refractivity (Wildman–Crippen MR) is 115 cm³/mol. The normalized spacial score (nSPS) is 12.0. The van der Waals surface area contributed by atoms with Crippen molar-refractivity contribution in [3.63, 3.8) is 0 Å². The van der Waals surface area contributed by atoms with Crippen LogP contribution >= 0.6 is 0 Å². The minimum Gasteiger partial charge on any atom is -0.322 e. The number of hydrogen-bond acceptors (Lipinski definition) is 7. The lowest BCUT2D eigenvalue weighted by Crippen LogP contribution is -2.31. The SMILES string of the molecule is CCN(CC)S(=O)(=O)c1cc(NC(=O)c2cc([N+](=O)[O-])cc(S(C)(=O)=O)c2)ccc1C. The Morgan fingerprint density at radius 1 is 1.06 bits per heavy atom. The van der Waals surface area contributed by atoms with E-state index in [1.807, 2.05) is 0 Å². The highest BCUT2D eigenvalue weighted by Gasteiger charge is 2.24. The van der Waals surface area contributed by atoms with Gasteiger partial charge >= 0.3 is 0 Å². The Kier molecular flexibility index (Phi) is 7.19. The smallest absolute Gasteiger partial charge is 0.271 e. The molecule has 0 aliphatic heterocycles. The van der Waals surface area contributed by atoms with Crippen molar-refractivity contribution in [2.45, 2.75) is 30.6 Å². The number of non-ortho nitro benzene ring substituents is 1. The molecule has 168 valence electrons. The van der Waals surface area contributed by atoms with E-state index in [1.54, 1.807) is 20.8 Å². The monoisotopic (exact) mass is 469 g/mol. The number of nitro groups is 1. The molecular weight excluding hydrogens is 446 g/mol. The third kappa shape index (κ3) is 5.46. The number of sulfonamides is 1. The summed E-state index contributed by atoms with van der Waals surface area (Å²) in [5, 5.41) is 13.6. The summed E-state index contributed by atoms with van der Waals surface area (Å²) in [4.78, 5) is 22.7. The lowest BCUT2D eigenvalue weighted by molar-refractivity contribution is -0.385. The summed E-state index contributed by atoms with van der Waals surface area (Å²) in [6, 6.07) is 7.17. The van der Waals surface area contributed by atoms with Crippen LogP contribution in [0.15, 0.2) is 46.2 Å². The maximum Gasteiger partial charge on any atom is 0.271 e. The molecule has 0 spiro atoms. The summed E-state index contributed by atoms with van der Waals surface area (Å²) in [7, 11) is -7.59. The van der Waals surface area contributed by atoms with Crippen LogP contribution in [0.1, 0.15) is 29.8 Å². The van der Waals surface area contributed by atoms with Crippen molar-refractivity contribution >= 4 is 37.1 Å². The van der Waals surface area contributed by atoms with Crippen LogP contribution in [0.4, 0.5) is 11.4 Å². The molecule has 0 saturated carbocycles. The van der Waals surface area contributed by atoms with Crippen LogP contribution in [0.5, 0.6) is 0 Å². The Labute approximate surface area is 181 Å². The number of rotatable bonds is 8. The Morgan fingerprint density at radius 2 is 1.68 bits per heavy atom. The van der Waals surface area contributed by atoms with Crippen LogP contribution in [-0.2, 0) is 19.9 Å². The molecule has 1 N–H and O–H groups in total.